The first kappa shape index (κ1) is 18.9. The van der Waals surface area contributed by atoms with Gasteiger partial charge >= 0.3 is 0 Å². The van der Waals surface area contributed by atoms with Crippen molar-refractivity contribution >= 4 is 5.78 Å². The molecule has 3 heteroatoms. The number of rotatable bonds is 15. The minimum atomic E-state index is 0.195. The molecule has 0 unspecified atom stereocenters. The molecule has 0 aromatic carbocycles. The smallest absolute Gasteiger partial charge is 0.180 e. The van der Waals surface area contributed by atoms with Crippen LogP contribution in [0.3, 0.4) is 0 Å². The van der Waals surface area contributed by atoms with Crippen LogP contribution in [0.15, 0.2) is 12.5 Å². The SMILES string of the molecule is CCCCCCCCCCCCCCCC(=O)c1cnc[nH]1. The highest BCUT2D eigenvalue weighted by molar-refractivity contribution is 5.93. The Morgan fingerprint density at radius 1 is 0.864 bits per heavy atom. The van der Waals surface area contributed by atoms with E-state index in [4.69, 9.17) is 0 Å². The van der Waals surface area contributed by atoms with Gasteiger partial charge in [0.15, 0.2) is 5.78 Å². The summed E-state index contributed by atoms with van der Waals surface area (Å²) in [6, 6.07) is 0. The lowest BCUT2D eigenvalue weighted by Crippen LogP contribution is -1.98. The first-order chi connectivity index (χ1) is 10.8. The molecule has 3 nitrogen and oxygen atoms in total. The van der Waals surface area contributed by atoms with Gasteiger partial charge in [-0.1, -0.05) is 84.0 Å². The minimum Gasteiger partial charge on any atom is -0.342 e. The summed E-state index contributed by atoms with van der Waals surface area (Å²) in [6.45, 7) is 2.27. The molecule has 0 atom stereocenters. The van der Waals surface area contributed by atoms with Gasteiger partial charge in [-0.05, 0) is 6.42 Å². The van der Waals surface area contributed by atoms with Gasteiger partial charge in [0.1, 0.15) is 5.69 Å². The summed E-state index contributed by atoms with van der Waals surface area (Å²) >= 11 is 0. The van der Waals surface area contributed by atoms with E-state index < -0.39 is 0 Å². The van der Waals surface area contributed by atoms with Crippen molar-refractivity contribution in [2.75, 3.05) is 0 Å². The molecule has 0 spiro atoms. The summed E-state index contributed by atoms with van der Waals surface area (Å²) in [7, 11) is 0. The molecule has 0 aliphatic rings. The van der Waals surface area contributed by atoms with E-state index in [9.17, 15) is 4.79 Å². The third kappa shape index (κ3) is 9.75. The van der Waals surface area contributed by atoms with Crippen LogP contribution in [0.2, 0.25) is 0 Å². The molecule has 1 heterocycles. The van der Waals surface area contributed by atoms with Gasteiger partial charge in [0, 0.05) is 6.42 Å². The fourth-order valence-electron chi connectivity index (χ4n) is 2.85. The van der Waals surface area contributed by atoms with Crippen molar-refractivity contribution in [2.45, 2.75) is 96.8 Å². The Balaban J connectivity index is 1.77. The predicted octanol–water partition coefficient (Wildman–Crippen LogP) is 6.07. The highest BCUT2D eigenvalue weighted by Gasteiger charge is 2.05. The average molecular weight is 306 g/mol. The van der Waals surface area contributed by atoms with E-state index in [0.29, 0.717) is 12.1 Å². The van der Waals surface area contributed by atoms with Gasteiger partial charge < -0.3 is 4.98 Å². The van der Waals surface area contributed by atoms with Crippen molar-refractivity contribution in [1.29, 1.82) is 0 Å². The average Bonchev–Trinajstić information content (AvgIpc) is 3.06. The second-order valence-corrected chi connectivity index (χ2v) is 6.38. The lowest BCUT2D eigenvalue weighted by molar-refractivity contribution is 0.0975. The van der Waals surface area contributed by atoms with E-state index in [1.807, 2.05) is 0 Å². The second-order valence-electron chi connectivity index (χ2n) is 6.38. The number of nitrogens with one attached hydrogen (secondary N) is 1. The van der Waals surface area contributed by atoms with Crippen LogP contribution in [0.5, 0.6) is 0 Å². The van der Waals surface area contributed by atoms with E-state index >= 15 is 0 Å². The molecule has 0 aliphatic carbocycles. The van der Waals surface area contributed by atoms with Crippen LogP contribution in [-0.2, 0) is 0 Å². The number of unbranched alkanes of at least 4 members (excludes halogenated alkanes) is 12. The van der Waals surface area contributed by atoms with Gasteiger partial charge in [-0.15, -0.1) is 0 Å². The third-order valence-corrected chi connectivity index (χ3v) is 4.31. The van der Waals surface area contributed by atoms with Crippen molar-refractivity contribution in [3.8, 4) is 0 Å². The zero-order valence-corrected chi connectivity index (χ0v) is 14.4. The lowest BCUT2D eigenvalue weighted by Gasteiger charge is -2.03. The Kier molecular flexibility index (Phi) is 11.6. The highest BCUT2D eigenvalue weighted by atomic mass is 16.1. The Morgan fingerprint density at radius 2 is 1.36 bits per heavy atom. The van der Waals surface area contributed by atoms with Gasteiger partial charge in [0.05, 0.1) is 12.5 Å². The van der Waals surface area contributed by atoms with Crippen LogP contribution in [-0.4, -0.2) is 15.8 Å². The van der Waals surface area contributed by atoms with E-state index in [2.05, 4.69) is 16.9 Å². The van der Waals surface area contributed by atoms with Crippen LogP contribution >= 0.6 is 0 Å². The number of hydrogen-bond acceptors (Lipinski definition) is 2. The van der Waals surface area contributed by atoms with E-state index in [-0.39, 0.29) is 5.78 Å². The maximum atomic E-state index is 11.7. The molecule has 0 aliphatic heterocycles. The van der Waals surface area contributed by atoms with Crippen LogP contribution in [0.25, 0.3) is 0 Å². The molecule has 0 saturated carbocycles. The van der Waals surface area contributed by atoms with Crippen LogP contribution in [0.1, 0.15) is 107 Å². The van der Waals surface area contributed by atoms with Crippen molar-refractivity contribution in [2.24, 2.45) is 0 Å². The number of aromatic amines is 1. The number of carbonyl (C=O) groups excluding carboxylic acids is 1. The second kappa shape index (κ2) is 13.5. The van der Waals surface area contributed by atoms with Crippen molar-refractivity contribution in [1.82, 2.24) is 9.97 Å². The summed E-state index contributed by atoms with van der Waals surface area (Å²) < 4.78 is 0. The molecule has 126 valence electrons. The Morgan fingerprint density at radius 3 is 1.82 bits per heavy atom. The quantitative estimate of drug-likeness (QED) is 0.315. The van der Waals surface area contributed by atoms with E-state index in [1.165, 1.54) is 77.0 Å². The molecular weight excluding hydrogens is 272 g/mol. The lowest BCUT2D eigenvalue weighted by atomic mass is 10.0. The van der Waals surface area contributed by atoms with E-state index in [1.54, 1.807) is 12.5 Å². The Bertz CT molecular complexity index is 360. The van der Waals surface area contributed by atoms with Crippen molar-refractivity contribution in [3.05, 3.63) is 18.2 Å². The largest absolute Gasteiger partial charge is 0.342 e. The van der Waals surface area contributed by atoms with Crippen LogP contribution < -0.4 is 0 Å². The summed E-state index contributed by atoms with van der Waals surface area (Å²) in [5.41, 5.74) is 0.652. The van der Waals surface area contributed by atoms with Gasteiger partial charge in [-0.25, -0.2) is 4.98 Å². The molecule has 1 rings (SSSR count). The zero-order valence-electron chi connectivity index (χ0n) is 14.4. The molecule has 1 N–H and O–H groups in total. The van der Waals surface area contributed by atoms with Gasteiger partial charge in [-0.3, -0.25) is 4.79 Å². The topological polar surface area (TPSA) is 45.8 Å². The maximum Gasteiger partial charge on any atom is 0.180 e. The molecule has 0 bridgehead atoms. The van der Waals surface area contributed by atoms with Crippen LogP contribution in [0.4, 0.5) is 0 Å². The number of ketones is 1. The number of aromatic nitrogens is 2. The molecule has 1 aromatic heterocycles. The summed E-state index contributed by atoms with van der Waals surface area (Å²) in [6.07, 6.45) is 21.2. The number of imidazole rings is 1. The van der Waals surface area contributed by atoms with Crippen molar-refractivity contribution < 1.29 is 4.79 Å². The van der Waals surface area contributed by atoms with Gasteiger partial charge in [-0.2, -0.15) is 0 Å². The standard InChI is InChI=1S/C19H34N2O/c1-2-3-4-5-6-7-8-9-10-11-12-13-14-15-19(22)18-16-20-17-21-18/h16-17H,2-15H2,1H3,(H,20,21). The highest BCUT2D eigenvalue weighted by Crippen LogP contribution is 2.13. The number of carbonyl (C=O) groups is 1. The van der Waals surface area contributed by atoms with Gasteiger partial charge in [0.25, 0.3) is 0 Å². The van der Waals surface area contributed by atoms with Crippen LogP contribution in [0, 0.1) is 0 Å². The molecule has 0 fully saturated rings. The first-order valence-electron chi connectivity index (χ1n) is 9.36. The number of Topliss-reactive ketones (excluding diaryl/α,β-unsaturated/α-hetero) is 1. The molecule has 0 amide bonds. The van der Waals surface area contributed by atoms with E-state index in [0.717, 1.165) is 6.42 Å². The predicted molar refractivity (Wildman–Crippen MR) is 93.2 cm³/mol. The Hall–Kier alpha value is -1.12. The number of nitrogens with zero attached hydrogens (tertiary/aromatic N) is 1. The normalized spacial score (nSPS) is 11.0. The number of H-pyrrole nitrogens is 1. The molecular formula is C19H34N2O. The third-order valence-electron chi connectivity index (χ3n) is 4.31. The minimum absolute atomic E-state index is 0.195. The summed E-state index contributed by atoms with van der Waals surface area (Å²) in [5.74, 6) is 0.195. The first-order valence-corrected chi connectivity index (χ1v) is 9.36. The summed E-state index contributed by atoms with van der Waals surface area (Å²) in [5, 5.41) is 0. The Labute approximate surface area is 136 Å². The molecule has 0 saturated heterocycles. The monoisotopic (exact) mass is 306 g/mol. The zero-order chi connectivity index (χ0) is 15.9. The summed E-state index contributed by atoms with van der Waals surface area (Å²) in [4.78, 5) is 18.5. The fourth-order valence-corrected chi connectivity index (χ4v) is 2.85. The maximum absolute atomic E-state index is 11.7. The van der Waals surface area contributed by atoms with Crippen molar-refractivity contribution in [3.63, 3.8) is 0 Å². The molecule has 22 heavy (non-hydrogen) atoms. The number of hydrogen-bond donors (Lipinski definition) is 1. The molecule has 0 radical (unpaired) electrons. The van der Waals surface area contributed by atoms with Gasteiger partial charge in [0.2, 0.25) is 0 Å². The fraction of sp³-hybridized carbons (Fsp3) is 0.789. The molecule has 1 aromatic rings.